The maximum absolute atomic E-state index is 12.4. The highest BCUT2D eigenvalue weighted by Crippen LogP contribution is 2.22. The number of carboxylic acids is 1. The molecule has 0 aliphatic rings. The fourth-order valence-corrected chi connectivity index (χ4v) is 2.50. The van der Waals surface area contributed by atoms with Crippen LogP contribution in [0, 0.1) is 0 Å². The van der Waals surface area contributed by atoms with Crippen molar-refractivity contribution >= 4 is 27.1 Å². The van der Waals surface area contributed by atoms with E-state index in [0.29, 0.717) is 11.1 Å². The lowest BCUT2D eigenvalue weighted by Gasteiger charge is -2.25. The van der Waals surface area contributed by atoms with Crippen LogP contribution in [0.2, 0.25) is 0 Å². The zero-order valence-corrected chi connectivity index (χ0v) is 13.7. The topological polar surface area (TPSA) is 92.7 Å². The summed E-state index contributed by atoms with van der Waals surface area (Å²) in [6.45, 7) is 0. The highest BCUT2D eigenvalue weighted by molar-refractivity contribution is 7.10. The number of aliphatic carboxylic acids is 1. The third-order valence-corrected chi connectivity index (χ3v) is 3.69. The Bertz CT molecular complexity index is 720. The van der Waals surface area contributed by atoms with Gasteiger partial charge in [0.2, 0.25) is 0 Å². The SMILES string of the molecule is O=C(O)C(=O)[C@H](OP)C(NC(=O)c1ccccc1)c1ccccc1. The summed E-state index contributed by atoms with van der Waals surface area (Å²) < 4.78 is 5.00. The van der Waals surface area contributed by atoms with Gasteiger partial charge in [-0.3, -0.25) is 9.59 Å². The van der Waals surface area contributed by atoms with Crippen molar-refractivity contribution in [3.8, 4) is 0 Å². The van der Waals surface area contributed by atoms with Crippen LogP contribution >= 0.6 is 9.47 Å². The Kier molecular flexibility index (Phi) is 6.18. The van der Waals surface area contributed by atoms with Gasteiger partial charge >= 0.3 is 5.97 Å². The lowest BCUT2D eigenvalue weighted by Crippen LogP contribution is -2.43. The molecule has 6 nitrogen and oxygen atoms in total. The standard InChI is InChI=1S/C17H16NO5P/c19-14(17(21)22)15(23-24)13(11-7-3-1-4-8-11)18-16(20)12-9-5-2-6-10-12/h1-10,13,15H,24H2,(H,18,20)(H,21,22)/t13?,15-/m1/s1. The fourth-order valence-electron chi connectivity index (χ4n) is 2.22. The van der Waals surface area contributed by atoms with E-state index in [1.165, 1.54) is 0 Å². The Hall–Kier alpha value is -2.56. The normalized spacial score (nSPS) is 12.9. The molecule has 2 aromatic rings. The smallest absolute Gasteiger partial charge is 0.375 e. The first-order valence-corrected chi connectivity index (χ1v) is 7.55. The predicted octanol–water partition coefficient (Wildman–Crippen LogP) is 1.99. The molecule has 0 bridgehead atoms. The number of Topliss-reactive ketones (excluding diaryl/α,β-unsaturated/α-hetero) is 1. The summed E-state index contributed by atoms with van der Waals surface area (Å²) in [5, 5.41) is 11.7. The van der Waals surface area contributed by atoms with E-state index in [0.717, 1.165) is 0 Å². The molecular weight excluding hydrogens is 329 g/mol. The molecule has 0 spiro atoms. The van der Waals surface area contributed by atoms with Crippen molar-refractivity contribution in [3.63, 3.8) is 0 Å². The minimum Gasteiger partial charge on any atom is -0.475 e. The number of hydrogen-bond acceptors (Lipinski definition) is 4. The van der Waals surface area contributed by atoms with Gasteiger partial charge < -0.3 is 14.9 Å². The summed E-state index contributed by atoms with van der Waals surface area (Å²) >= 11 is 0. The quantitative estimate of drug-likeness (QED) is 0.591. The summed E-state index contributed by atoms with van der Waals surface area (Å²) in [5.74, 6) is -3.21. The van der Waals surface area contributed by atoms with Crippen molar-refractivity contribution in [2.75, 3.05) is 0 Å². The first kappa shape index (κ1) is 17.8. The van der Waals surface area contributed by atoms with Gasteiger partial charge in [0.15, 0.2) is 6.10 Å². The third-order valence-electron chi connectivity index (χ3n) is 3.40. The van der Waals surface area contributed by atoms with E-state index in [4.69, 9.17) is 9.63 Å². The second-order valence-electron chi connectivity index (χ2n) is 4.95. The summed E-state index contributed by atoms with van der Waals surface area (Å²) in [5.41, 5.74) is 0.951. The first-order valence-electron chi connectivity index (χ1n) is 7.08. The number of nitrogens with one attached hydrogen (secondary N) is 1. The van der Waals surface area contributed by atoms with Gasteiger partial charge in [-0.1, -0.05) is 48.5 Å². The highest BCUT2D eigenvalue weighted by Gasteiger charge is 2.35. The molecule has 2 aromatic carbocycles. The molecule has 0 aromatic heterocycles. The Balaban J connectivity index is 2.34. The minimum absolute atomic E-state index is 0.392. The zero-order valence-electron chi connectivity index (χ0n) is 12.6. The molecule has 3 atom stereocenters. The van der Waals surface area contributed by atoms with Crippen LogP contribution in [0.4, 0.5) is 0 Å². The minimum atomic E-state index is -1.63. The first-order chi connectivity index (χ1) is 11.5. The lowest BCUT2D eigenvalue weighted by molar-refractivity contribution is -0.152. The molecule has 0 saturated carbocycles. The second-order valence-corrected chi connectivity index (χ2v) is 5.23. The third kappa shape index (κ3) is 4.25. The molecule has 24 heavy (non-hydrogen) atoms. The summed E-state index contributed by atoms with van der Waals surface area (Å²) in [6.07, 6.45) is -1.37. The molecule has 0 heterocycles. The Morgan fingerprint density at radius 3 is 2.00 bits per heavy atom. The van der Waals surface area contributed by atoms with Gasteiger partial charge in [-0.25, -0.2) is 4.79 Å². The number of ketones is 1. The van der Waals surface area contributed by atoms with Crippen molar-refractivity contribution in [1.82, 2.24) is 5.32 Å². The number of benzene rings is 2. The summed E-state index contributed by atoms with van der Waals surface area (Å²) in [7, 11) is 1.88. The molecule has 0 aliphatic carbocycles. The number of carbonyl (C=O) groups excluding carboxylic acids is 2. The van der Waals surface area contributed by atoms with Crippen molar-refractivity contribution in [2.24, 2.45) is 0 Å². The molecule has 2 unspecified atom stereocenters. The van der Waals surface area contributed by atoms with Crippen LogP contribution in [0.5, 0.6) is 0 Å². The van der Waals surface area contributed by atoms with Crippen molar-refractivity contribution < 1.29 is 24.0 Å². The van der Waals surface area contributed by atoms with E-state index in [1.807, 2.05) is 9.47 Å². The van der Waals surface area contributed by atoms with Gasteiger partial charge in [0.05, 0.1) is 6.04 Å². The maximum atomic E-state index is 12.4. The maximum Gasteiger partial charge on any atom is 0.375 e. The second kappa shape index (κ2) is 8.34. The van der Waals surface area contributed by atoms with Crippen molar-refractivity contribution in [1.29, 1.82) is 0 Å². The molecule has 124 valence electrons. The number of amides is 1. The monoisotopic (exact) mass is 345 g/mol. The Labute approximate surface area is 141 Å². The highest BCUT2D eigenvalue weighted by atomic mass is 31.0. The Morgan fingerprint density at radius 2 is 1.50 bits per heavy atom. The van der Waals surface area contributed by atoms with E-state index in [9.17, 15) is 14.4 Å². The fraction of sp³-hybridized carbons (Fsp3) is 0.118. The van der Waals surface area contributed by atoms with E-state index in [-0.39, 0.29) is 0 Å². The van der Waals surface area contributed by atoms with Crippen LogP contribution in [0.1, 0.15) is 22.0 Å². The van der Waals surface area contributed by atoms with Gasteiger partial charge in [-0.05, 0) is 17.7 Å². The van der Waals surface area contributed by atoms with Gasteiger partial charge in [-0.2, -0.15) is 0 Å². The Morgan fingerprint density at radius 1 is 0.958 bits per heavy atom. The van der Waals surface area contributed by atoms with Crippen molar-refractivity contribution in [2.45, 2.75) is 12.1 Å². The molecule has 0 saturated heterocycles. The van der Waals surface area contributed by atoms with Crippen LogP contribution < -0.4 is 5.32 Å². The number of carboxylic acid groups (broad SMARTS) is 1. The van der Waals surface area contributed by atoms with Crippen LogP contribution in [0.15, 0.2) is 60.7 Å². The number of rotatable bonds is 7. The van der Waals surface area contributed by atoms with Crippen LogP contribution in [0.3, 0.4) is 0 Å². The average Bonchev–Trinajstić information content (AvgIpc) is 2.62. The van der Waals surface area contributed by atoms with Gasteiger partial charge in [0.1, 0.15) is 0 Å². The van der Waals surface area contributed by atoms with E-state index < -0.39 is 29.8 Å². The molecule has 0 radical (unpaired) electrons. The van der Waals surface area contributed by atoms with Gasteiger partial charge in [0.25, 0.3) is 11.7 Å². The van der Waals surface area contributed by atoms with Gasteiger partial charge in [0, 0.05) is 15.0 Å². The molecule has 0 aliphatic heterocycles. The largest absolute Gasteiger partial charge is 0.475 e. The number of hydrogen-bond donors (Lipinski definition) is 2. The molecule has 7 heteroatoms. The zero-order chi connectivity index (χ0) is 17.5. The summed E-state index contributed by atoms with van der Waals surface area (Å²) in [4.78, 5) is 35.4. The van der Waals surface area contributed by atoms with Crippen LogP contribution in [0.25, 0.3) is 0 Å². The summed E-state index contributed by atoms with van der Waals surface area (Å²) in [6, 6.07) is 16.1. The van der Waals surface area contributed by atoms with E-state index in [1.54, 1.807) is 60.7 Å². The average molecular weight is 345 g/mol. The van der Waals surface area contributed by atoms with Gasteiger partial charge in [-0.15, -0.1) is 0 Å². The molecule has 1 amide bonds. The van der Waals surface area contributed by atoms with E-state index in [2.05, 4.69) is 5.32 Å². The number of carbonyl (C=O) groups is 3. The molecular formula is C17H16NO5P. The predicted molar refractivity (Wildman–Crippen MR) is 90.3 cm³/mol. The van der Waals surface area contributed by atoms with Crippen LogP contribution in [-0.4, -0.2) is 28.9 Å². The van der Waals surface area contributed by atoms with Crippen LogP contribution in [-0.2, 0) is 14.1 Å². The van der Waals surface area contributed by atoms with Crippen molar-refractivity contribution in [3.05, 3.63) is 71.8 Å². The van der Waals surface area contributed by atoms with E-state index >= 15 is 0 Å². The lowest BCUT2D eigenvalue weighted by atomic mass is 9.98. The molecule has 2 rings (SSSR count). The molecule has 0 fully saturated rings. The molecule has 2 N–H and O–H groups in total.